The molecule has 0 atom stereocenters. The first kappa shape index (κ1) is 21.4. The average molecular weight is 438 g/mol. The maximum Gasteiger partial charge on any atom is 0.243 e. The summed E-state index contributed by atoms with van der Waals surface area (Å²) in [7, 11) is 0.198. The summed E-state index contributed by atoms with van der Waals surface area (Å²) in [6.45, 7) is 3.18. The van der Waals surface area contributed by atoms with E-state index in [1.807, 2.05) is 37.2 Å². The molecule has 0 unspecified atom stereocenters. The molecule has 31 heavy (non-hydrogen) atoms. The van der Waals surface area contributed by atoms with Gasteiger partial charge >= 0.3 is 0 Å². The van der Waals surface area contributed by atoms with Gasteiger partial charge in [-0.1, -0.05) is 42.5 Å². The number of hydrogen-bond acceptors (Lipinski definition) is 6. The smallest absolute Gasteiger partial charge is 0.243 e. The van der Waals surface area contributed by atoms with Crippen LogP contribution in [0.5, 0.6) is 0 Å². The lowest BCUT2D eigenvalue weighted by molar-refractivity contribution is 0.204. The number of rotatable bonds is 6. The van der Waals surface area contributed by atoms with Crippen LogP contribution in [0.15, 0.2) is 65.8 Å². The van der Waals surface area contributed by atoms with Crippen LogP contribution in [0.2, 0.25) is 0 Å². The molecule has 1 fully saturated rings. The highest BCUT2D eigenvalue weighted by Crippen LogP contribution is 2.26. The van der Waals surface area contributed by atoms with Crippen LogP contribution in [-0.4, -0.2) is 74.4 Å². The van der Waals surface area contributed by atoms with Crippen molar-refractivity contribution in [3.05, 3.63) is 66.5 Å². The van der Waals surface area contributed by atoms with E-state index in [2.05, 4.69) is 39.2 Å². The van der Waals surface area contributed by atoms with Crippen molar-refractivity contribution in [1.29, 1.82) is 0 Å². The van der Waals surface area contributed by atoms with Crippen molar-refractivity contribution in [2.75, 3.05) is 51.7 Å². The molecule has 2 aromatic carbocycles. The molecule has 1 aliphatic rings. The highest BCUT2D eigenvalue weighted by molar-refractivity contribution is 7.89. The molecular formula is C23H27N5O2S. The molecule has 0 radical (unpaired) electrons. The van der Waals surface area contributed by atoms with Crippen LogP contribution in [0.25, 0.3) is 17.0 Å². The number of anilines is 1. The topological polar surface area (TPSA) is 69.6 Å². The molecule has 4 rings (SSSR count). The molecule has 1 aromatic heterocycles. The van der Waals surface area contributed by atoms with Gasteiger partial charge in [0.2, 0.25) is 10.0 Å². The Morgan fingerprint density at radius 1 is 1.00 bits per heavy atom. The zero-order valence-corrected chi connectivity index (χ0v) is 18.7. The molecule has 3 aromatic rings. The molecule has 7 nitrogen and oxygen atoms in total. The first-order valence-corrected chi connectivity index (χ1v) is 11.8. The van der Waals surface area contributed by atoms with Crippen molar-refractivity contribution >= 4 is 32.8 Å². The van der Waals surface area contributed by atoms with E-state index in [-0.39, 0.29) is 4.90 Å². The Balaban J connectivity index is 1.44. The molecule has 0 amide bonds. The van der Waals surface area contributed by atoms with E-state index in [1.54, 1.807) is 22.5 Å². The number of benzene rings is 2. The average Bonchev–Trinajstić information content (AvgIpc) is 2.79. The van der Waals surface area contributed by atoms with Gasteiger partial charge < -0.3 is 4.90 Å². The second kappa shape index (κ2) is 9.13. The first-order valence-electron chi connectivity index (χ1n) is 10.3. The molecule has 162 valence electrons. The van der Waals surface area contributed by atoms with Gasteiger partial charge in [-0.3, -0.25) is 4.90 Å². The minimum atomic E-state index is -3.57. The molecular weight excluding hydrogens is 410 g/mol. The summed E-state index contributed by atoms with van der Waals surface area (Å²) in [6.07, 6.45) is 5.73. The summed E-state index contributed by atoms with van der Waals surface area (Å²) in [6, 6.07) is 15.2. The first-order chi connectivity index (χ1) is 14.9. The highest BCUT2D eigenvalue weighted by atomic mass is 32.2. The van der Waals surface area contributed by atoms with E-state index < -0.39 is 10.0 Å². The van der Waals surface area contributed by atoms with Crippen LogP contribution in [0.1, 0.15) is 5.56 Å². The lowest BCUT2D eigenvalue weighted by Gasteiger charge is -2.33. The predicted octanol–water partition coefficient (Wildman–Crippen LogP) is 2.72. The van der Waals surface area contributed by atoms with Crippen molar-refractivity contribution < 1.29 is 8.42 Å². The second-order valence-electron chi connectivity index (χ2n) is 7.79. The van der Waals surface area contributed by atoms with E-state index >= 15 is 0 Å². The van der Waals surface area contributed by atoms with Gasteiger partial charge in [0, 0.05) is 52.2 Å². The van der Waals surface area contributed by atoms with Gasteiger partial charge in [-0.15, -0.1) is 0 Å². The van der Waals surface area contributed by atoms with Crippen LogP contribution in [-0.2, 0) is 10.0 Å². The van der Waals surface area contributed by atoms with Gasteiger partial charge in [0.15, 0.2) is 0 Å². The molecule has 0 saturated carbocycles. The number of sulfonamides is 1. The lowest BCUT2D eigenvalue weighted by Crippen LogP contribution is -2.48. The lowest BCUT2D eigenvalue weighted by atomic mass is 10.2. The Kier molecular flexibility index (Phi) is 6.31. The summed E-state index contributed by atoms with van der Waals surface area (Å²) in [5, 5.41) is 0.735. The monoisotopic (exact) mass is 437 g/mol. The zero-order chi connectivity index (χ0) is 21.8. The Bertz CT molecular complexity index is 1170. The summed E-state index contributed by atoms with van der Waals surface area (Å²) >= 11 is 0. The maximum absolute atomic E-state index is 13.3. The van der Waals surface area contributed by atoms with Crippen LogP contribution in [0.4, 0.5) is 5.82 Å². The van der Waals surface area contributed by atoms with Gasteiger partial charge in [0.05, 0.1) is 10.4 Å². The molecule has 0 spiro atoms. The fourth-order valence-electron chi connectivity index (χ4n) is 3.74. The van der Waals surface area contributed by atoms with Crippen molar-refractivity contribution in [1.82, 2.24) is 19.2 Å². The maximum atomic E-state index is 13.3. The van der Waals surface area contributed by atoms with Crippen LogP contribution < -0.4 is 4.90 Å². The van der Waals surface area contributed by atoms with Crippen molar-refractivity contribution in [2.45, 2.75) is 4.90 Å². The van der Waals surface area contributed by atoms with Crippen molar-refractivity contribution in [3.63, 3.8) is 0 Å². The Morgan fingerprint density at radius 3 is 2.45 bits per heavy atom. The standard InChI is InChI=1S/C23H27N5O2S/c1-26(2)23-21-17-20(10-11-22(21)24-18-25-23)31(29,30)28-15-13-27(14-16-28)12-6-9-19-7-4-3-5-8-19/h3-11,17-18H,12-16H2,1-2H3. The van der Waals surface area contributed by atoms with Crippen molar-refractivity contribution in [3.8, 4) is 0 Å². The molecule has 8 heteroatoms. The van der Waals surface area contributed by atoms with Crippen LogP contribution >= 0.6 is 0 Å². The fraction of sp³-hybridized carbons (Fsp3) is 0.304. The molecule has 0 aliphatic carbocycles. The molecule has 0 N–H and O–H groups in total. The minimum absolute atomic E-state index is 0.287. The van der Waals surface area contributed by atoms with E-state index in [1.165, 1.54) is 11.9 Å². The Labute approximate surface area is 183 Å². The third kappa shape index (κ3) is 4.76. The van der Waals surface area contributed by atoms with Gasteiger partial charge in [0.1, 0.15) is 12.1 Å². The summed E-state index contributed by atoms with van der Waals surface area (Å²) < 4.78 is 28.1. The molecule has 1 saturated heterocycles. The van der Waals surface area contributed by atoms with Gasteiger partial charge in [-0.2, -0.15) is 4.31 Å². The fourth-order valence-corrected chi connectivity index (χ4v) is 5.19. The number of piperazine rings is 1. The number of nitrogens with zero attached hydrogens (tertiary/aromatic N) is 5. The van der Waals surface area contributed by atoms with Crippen molar-refractivity contribution in [2.24, 2.45) is 0 Å². The minimum Gasteiger partial charge on any atom is -0.362 e. The van der Waals surface area contributed by atoms with Gasteiger partial charge in [-0.05, 0) is 23.8 Å². The summed E-state index contributed by atoms with van der Waals surface area (Å²) in [5.74, 6) is 0.706. The third-order valence-electron chi connectivity index (χ3n) is 5.45. The van der Waals surface area contributed by atoms with E-state index in [4.69, 9.17) is 0 Å². The normalized spacial score (nSPS) is 16.2. The quantitative estimate of drug-likeness (QED) is 0.591. The summed E-state index contributed by atoms with van der Waals surface area (Å²) in [5.41, 5.74) is 1.90. The third-order valence-corrected chi connectivity index (χ3v) is 7.35. The SMILES string of the molecule is CN(C)c1ncnc2ccc(S(=O)(=O)N3CCN(CC=Cc4ccccc4)CC3)cc12. The highest BCUT2D eigenvalue weighted by Gasteiger charge is 2.28. The predicted molar refractivity (Wildman–Crippen MR) is 125 cm³/mol. The van der Waals surface area contributed by atoms with Crippen LogP contribution in [0.3, 0.4) is 0 Å². The number of hydrogen-bond donors (Lipinski definition) is 0. The molecule has 2 heterocycles. The second-order valence-corrected chi connectivity index (χ2v) is 9.73. The van der Waals surface area contributed by atoms with E-state index in [9.17, 15) is 8.42 Å². The summed E-state index contributed by atoms with van der Waals surface area (Å²) in [4.78, 5) is 13.0. The largest absolute Gasteiger partial charge is 0.362 e. The Hall–Kier alpha value is -2.81. The van der Waals surface area contributed by atoms with Gasteiger partial charge in [0.25, 0.3) is 0 Å². The molecule has 0 bridgehead atoms. The molecule has 1 aliphatic heterocycles. The number of aromatic nitrogens is 2. The van der Waals surface area contributed by atoms with Gasteiger partial charge in [-0.25, -0.2) is 18.4 Å². The van der Waals surface area contributed by atoms with Crippen LogP contribution in [0, 0.1) is 0 Å². The van der Waals surface area contributed by atoms with E-state index in [0.717, 1.165) is 17.4 Å². The Morgan fingerprint density at radius 2 is 1.74 bits per heavy atom. The van der Waals surface area contributed by atoms with E-state index in [0.29, 0.717) is 32.0 Å². The number of fused-ring (bicyclic) bond motifs is 1. The zero-order valence-electron chi connectivity index (χ0n) is 17.8.